The number of nitro benzene ring substituents is 1. The molecule has 0 radical (unpaired) electrons. The third kappa shape index (κ3) is 8.96. The zero-order valence-electron chi connectivity index (χ0n) is 29.0. The molecule has 0 fully saturated rings. The van der Waals surface area contributed by atoms with Gasteiger partial charge in [-0.1, -0.05) is 23.5 Å². The Morgan fingerprint density at radius 1 is 1.08 bits per heavy atom. The minimum Gasteiger partial charge on any atom is -0.494 e. The number of hydrogen-bond acceptors (Lipinski definition) is 13. The second-order valence-corrected chi connectivity index (χ2v) is 11.8. The summed E-state index contributed by atoms with van der Waals surface area (Å²) in [5.74, 6) is -1.53. The highest BCUT2D eigenvalue weighted by atomic mass is 32.1. The van der Waals surface area contributed by atoms with Crippen molar-refractivity contribution < 1.29 is 43.0 Å². The molecule has 0 atom stereocenters. The van der Waals surface area contributed by atoms with Crippen LogP contribution < -0.4 is 25.3 Å². The summed E-state index contributed by atoms with van der Waals surface area (Å²) in [6.45, 7) is 4.56. The number of ether oxygens (including phenoxy) is 5. The van der Waals surface area contributed by atoms with E-state index in [1.165, 1.54) is 51.9 Å². The first-order valence-corrected chi connectivity index (χ1v) is 16.4. The van der Waals surface area contributed by atoms with Crippen LogP contribution in [0.25, 0.3) is 10.2 Å². The largest absolute Gasteiger partial charge is 0.494 e. The first kappa shape index (κ1) is 38.2. The van der Waals surface area contributed by atoms with Crippen molar-refractivity contribution in [3.05, 3.63) is 79.9 Å². The summed E-state index contributed by atoms with van der Waals surface area (Å²) in [6, 6.07) is 7.24. The minimum absolute atomic E-state index is 0.0386. The van der Waals surface area contributed by atoms with Crippen LogP contribution in [0, 0.1) is 17.0 Å². The standard InChI is InChI=1S/C33H39N7O10S/c1-7-39-23(14-19(2)37-39)31(42)36-33-38(29-25(50-13-10-27(47-4)48-5)16-20(30(34)41)18-26(29)51-33)12-9-8-11-35-28-22(40(44)45)15-21(32(43)49-6)17-24(28)46-3/h8-9,14-18,27,35H,7,10-13H2,1-6H3,(H2,34,41)/b9-8+,36-33-. The number of amides is 2. The van der Waals surface area contributed by atoms with E-state index in [1.54, 1.807) is 40.5 Å². The lowest BCUT2D eigenvalue weighted by molar-refractivity contribution is -0.384. The maximum atomic E-state index is 13.5. The molecule has 18 heteroatoms. The highest BCUT2D eigenvalue weighted by Crippen LogP contribution is 2.36. The van der Waals surface area contributed by atoms with Crippen molar-refractivity contribution >= 4 is 50.7 Å². The topological polar surface area (TPSA) is 214 Å². The Labute approximate surface area is 296 Å². The predicted octanol–water partition coefficient (Wildman–Crippen LogP) is 3.83. The monoisotopic (exact) mass is 725 g/mol. The number of nitrogens with zero attached hydrogens (tertiary/aromatic N) is 5. The van der Waals surface area contributed by atoms with Crippen LogP contribution >= 0.6 is 11.3 Å². The third-order valence-electron chi connectivity index (χ3n) is 7.55. The number of thiazole rings is 1. The Morgan fingerprint density at radius 3 is 2.43 bits per heavy atom. The van der Waals surface area contributed by atoms with Crippen molar-refractivity contribution in [3.8, 4) is 11.5 Å². The fourth-order valence-electron chi connectivity index (χ4n) is 5.12. The van der Waals surface area contributed by atoms with Gasteiger partial charge in [-0.3, -0.25) is 24.4 Å². The number of carbonyl (C=O) groups excluding carboxylic acids is 3. The molecular weight excluding hydrogens is 686 g/mol. The first-order chi connectivity index (χ1) is 24.4. The number of esters is 1. The summed E-state index contributed by atoms with van der Waals surface area (Å²) in [5.41, 5.74) is 7.04. The second-order valence-electron chi connectivity index (χ2n) is 10.8. The van der Waals surface area contributed by atoms with Gasteiger partial charge < -0.3 is 39.3 Å². The quantitative estimate of drug-likeness (QED) is 0.0523. The second kappa shape index (κ2) is 17.4. The smallest absolute Gasteiger partial charge is 0.338 e. The Hall–Kier alpha value is -5.59. The molecule has 0 saturated heterocycles. The van der Waals surface area contributed by atoms with Gasteiger partial charge in [0, 0.05) is 51.9 Å². The number of allylic oxidation sites excluding steroid dienone is 1. The SMILES string of the molecule is CCn1nc(C)cc1C(=O)/N=c1\sc2cc(C(N)=O)cc(OCCC(OC)OC)c2n1C/C=C/CNc1c(OC)cc(C(=O)OC)cc1[N+](=O)[O-]. The van der Waals surface area contributed by atoms with E-state index in [0.29, 0.717) is 45.1 Å². The van der Waals surface area contributed by atoms with Crippen LogP contribution in [0.5, 0.6) is 11.5 Å². The number of carbonyl (C=O) groups is 3. The Balaban J connectivity index is 1.75. The van der Waals surface area contributed by atoms with Crippen molar-refractivity contribution in [3.63, 3.8) is 0 Å². The molecule has 0 aliphatic rings. The van der Waals surface area contributed by atoms with E-state index in [1.807, 2.05) is 6.92 Å². The van der Waals surface area contributed by atoms with Crippen LogP contribution in [0.2, 0.25) is 0 Å². The fraction of sp³-hybridized carbons (Fsp3) is 0.364. The molecule has 0 saturated carbocycles. The van der Waals surface area contributed by atoms with Crippen molar-refractivity contribution in [2.45, 2.75) is 39.6 Å². The molecule has 17 nitrogen and oxygen atoms in total. The molecule has 0 spiro atoms. The molecule has 0 aliphatic carbocycles. The number of fused-ring (bicyclic) bond motifs is 1. The fourth-order valence-corrected chi connectivity index (χ4v) is 6.22. The van der Waals surface area contributed by atoms with Crippen LogP contribution in [0.4, 0.5) is 11.4 Å². The molecule has 2 heterocycles. The van der Waals surface area contributed by atoms with Crippen LogP contribution in [-0.4, -0.2) is 84.9 Å². The van der Waals surface area contributed by atoms with Gasteiger partial charge in [0.15, 0.2) is 16.8 Å². The van der Waals surface area contributed by atoms with E-state index < -0.39 is 29.0 Å². The molecule has 4 aromatic rings. The van der Waals surface area contributed by atoms with E-state index in [-0.39, 0.29) is 47.9 Å². The molecule has 2 aromatic carbocycles. The summed E-state index contributed by atoms with van der Waals surface area (Å²) in [4.78, 5) is 53.8. The number of methoxy groups -OCH3 is 4. The molecule has 51 heavy (non-hydrogen) atoms. The number of anilines is 1. The number of aromatic nitrogens is 3. The molecule has 4 rings (SSSR count). The van der Waals surface area contributed by atoms with E-state index >= 15 is 0 Å². The number of nitro groups is 1. The average Bonchev–Trinajstić information content (AvgIpc) is 3.68. The summed E-state index contributed by atoms with van der Waals surface area (Å²) < 4.78 is 30.6. The summed E-state index contributed by atoms with van der Waals surface area (Å²) >= 11 is 1.17. The average molecular weight is 726 g/mol. The number of nitrogens with one attached hydrogen (secondary N) is 1. The number of rotatable bonds is 17. The summed E-state index contributed by atoms with van der Waals surface area (Å²) in [6.07, 6.45) is 3.33. The van der Waals surface area contributed by atoms with E-state index in [4.69, 9.17) is 29.4 Å². The van der Waals surface area contributed by atoms with Gasteiger partial charge >= 0.3 is 5.97 Å². The number of primary amides is 1. The lowest BCUT2D eigenvalue weighted by atomic mass is 10.1. The van der Waals surface area contributed by atoms with Gasteiger partial charge in [-0.25, -0.2) is 4.79 Å². The molecule has 3 N–H and O–H groups in total. The molecule has 272 valence electrons. The van der Waals surface area contributed by atoms with Crippen LogP contribution in [-0.2, 0) is 27.3 Å². The van der Waals surface area contributed by atoms with Crippen molar-refractivity contribution in [1.82, 2.24) is 14.3 Å². The third-order valence-corrected chi connectivity index (χ3v) is 8.58. The van der Waals surface area contributed by atoms with Gasteiger partial charge in [0.2, 0.25) is 5.91 Å². The predicted molar refractivity (Wildman–Crippen MR) is 187 cm³/mol. The number of benzene rings is 2. The number of aryl methyl sites for hydroxylation is 2. The maximum absolute atomic E-state index is 13.5. The van der Waals surface area contributed by atoms with Gasteiger partial charge in [-0.2, -0.15) is 10.1 Å². The van der Waals surface area contributed by atoms with Gasteiger partial charge in [0.1, 0.15) is 22.7 Å². The van der Waals surface area contributed by atoms with E-state index in [2.05, 4.69) is 15.4 Å². The Bertz CT molecular complexity index is 2030. The number of nitrogens with two attached hydrogens (primary N) is 1. The minimum atomic E-state index is -0.750. The van der Waals surface area contributed by atoms with Crippen LogP contribution in [0.15, 0.2) is 47.5 Å². The molecule has 0 unspecified atom stereocenters. The first-order valence-electron chi connectivity index (χ1n) is 15.6. The lowest BCUT2D eigenvalue weighted by Crippen LogP contribution is -2.19. The normalized spacial score (nSPS) is 11.8. The molecule has 0 aliphatic heterocycles. The molecule has 2 amide bonds. The number of hydrogen-bond donors (Lipinski definition) is 2. The molecule has 0 bridgehead atoms. The Morgan fingerprint density at radius 2 is 1.80 bits per heavy atom. The van der Waals surface area contributed by atoms with Crippen LogP contribution in [0.3, 0.4) is 0 Å². The Kier molecular flexibility index (Phi) is 13.0. The van der Waals surface area contributed by atoms with Crippen LogP contribution in [0.1, 0.15) is 50.2 Å². The van der Waals surface area contributed by atoms with E-state index in [9.17, 15) is 24.5 Å². The van der Waals surface area contributed by atoms with Crippen molar-refractivity contribution in [2.75, 3.05) is 46.9 Å². The molecule has 2 aromatic heterocycles. The molecular formula is C33H39N7O10S. The van der Waals surface area contributed by atoms with E-state index in [0.717, 1.165) is 6.07 Å². The summed E-state index contributed by atoms with van der Waals surface area (Å²) in [7, 11) is 5.52. The highest BCUT2D eigenvalue weighted by molar-refractivity contribution is 7.16. The highest BCUT2D eigenvalue weighted by Gasteiger charge is 2.23. The van der Waals surface area contributed by atoms with Gasteiger partial charge in [0.25, 0.3) is 11.6 Å². The van der Waals surface area contributed by atoms with Gasteiger partial charge in [-0.05, 0) is 38.1 Å². The maximum Gasteiger partial charge on any atom is 0.338 e. The van der Waals surface area contributed by atoms with Crippen molar-refractivity contribution in [1.29, 1.82) is 0 Å². The van der Waals surface area contributed by atoms with Gasteiger partial charge in [0.05, 0.1) is 41.7 Å². The summed E-state index contributed by atoms with van der Waals surface area (Å²) in [5, 5.41) is 19.2. The van der Waals surface area contributed by atoms with Gasteiger partial charge in [-0.15, -0.1) is 0 Å². The van der Waals surface area contributed by atoms with Crippen molar-refractivity contribution in [2.24, 2.45) is 10.7 Å². The zero-order chi connectivity index (χ0) is 37.2. The lowest BCUT2D eigenvalue weighted by Gasteiger charge is -2.15. The zero-order valence-corrected chi connectivity index (χ0v) is 29.8.